The van der Waals surface area contributed by atoms with Gasteiger partial charge in [0.05, 0.1) is 5.56 Å². The molecule has 1 aromatic rings. The van der Waals surface area contributed by atoms with Gasteiger partial charge in [-0.25, -0.2) is 0 Å². The Labute approximate surface area is 124 Å². The molecule has 20 heavy (non-hydrogen) atoms. The van der Waals surface area contributed by atoms with Gasteiger partial charge in [0.2, 0.25) is 0 Å². The summed E-state index contributed by atoms with van der Waals surface area (Å²) in [5.41, 5.74) is 6.24. The highest BCUT2D eigenvalue weighted by atomic mass is 32.1. The molecule has 1 fully saturated rings. The average molecular weight is 296 g/mol. The molecule has 0 aliphatic carbocycles. The second-order valence-electron chi connectivity index (χ2n) is 6.11. The Kier molecular flexibility index (Phi) is 4.99. The van der Waals surface area contributed by atoms with Crippen molar-refractivity contribution in [1.29, 1.82) is 0 Å². The number of hydrogen-bond acceptors (Lipinski definition) is 5. The molecule has 1 aromatic heterocycles. The molecule has 1 amide bonds. The van der Waals surface area contributed by atoms with Crippen molar-refractivity contribution in [1.82, 2.24) is 14.2 Å². The van der Waals surface area contributed by atoms with E-state index in [-0.39, 0.29) is 5.91 Å². The number of carbonyl (C=O) groups is 1. The third-order valence-electron chi connectivity index (χ3n) is 3.70. The van der Waals surface area contributed by atoms with E-state index >= 15 is 0 Å². The number of aromatic nitrogens is 1. The fourth-order valence-electron chi connectivity index (χ4n) is 2.83. The molecule has 1 aliphatic rings. The van der Waals surface area contributed by atoms with Gasteiger partial charge in [0.1, 0.15) is 5.82 Å². The second kappa shape index (κ2) is 6.54. The zero-order chi connectivity index (χ0) is 14.7. The Bertz CT molecular complexity index is 460. The summed E-state index contributed by atoms with van der Waals surface area (Å²) in [6, 6.07) is 0. The van der Waals surface area contributed by atoms with Crippen LogP contribution in [0.4, 0.5) is 5.82 Å². The van der Waals surface area contributed by atoms with Crippen LogP contribution in [0.15, 0.2) is 5.38 Å². The first-order valence-corrected chi connectivity index (χ1v) is 7.98. The molecule has 2 N–H and O–H groups in total. The number of anilines is 1. The first-order valence-electron chi connectivity index (χ1n) is 7.15. The van der Waals surface area contributed by atoms with Crippen molar-refractivity contribution in [2.75, 3.05) is 39.0 Å². The summed E-state index contributed by atoms with van der Waals surface area (Å²) < 4.78 is 3.96. The quantitative estimate of drug-likeness (QED) is 0.899. The molecule has 0 bridgehead atoms. The molecule has 1 aliphatic heterocycles. The largest absolute Gasteiger partial charge is 0.382 e. The molecule has 2 rings (SSSR count). The summed E-state index contributed by atoms with van der Waals surface area (Å²) in [6.45, 7) is 8.67. The fraction of sp³-hybridized carbons (Fsp3) is 0.714. The van der Waals surface area contributed by atoms with Crippen molar-refractivity contribution in [2.24, 2.45) is 11.8 Å². The molecule has 1 saturated heterocycles. The van der Waals surface area contributed by atoms with E-state index in [1.165, 1.54) is 18.0 Å². The van der Waals surface area contributed by atoms with Crippen molar-refractivity contribution in [3.63, 3.8) is 0 Å². The number of nitrogens with two attached hydrogens (primary N) is 1. The van der Waals surface area contributed by atoms with Gasteiger partial charge in [-0.3, -0.25) is 4.79 Å². The lowest BCUT2D eigenvalue weighted by Gasteiger charge is -2.22. The van der Waals surface area contributed by atoms with Gasteiger partial charge in [0, 0.05) is 32.1 Å². The minimum absolute atomic E-state index is 0.0152. The third kappa shape index (κ3) is 3.70. The summed E-state index contributed by atoms with van der Waals surface area (Å²) in [5, 5.41) is 1.73. The lowest BCUT2D eigenvalue weighted by atomic mass is 10.1. The molecule has 0 saturated carbocycles. The van der Waals surface area contributed by atoms with Gasteiger partial charge in [-0.05, 0) is 36.3 Å². The van der Waals surface area contributed by atoms with Crippen LogP contribution in [-0.4, -0.2) is 53.3 Å². The highest BCUT2D eigenvalue weighted by Gasteiger charge is 2.26. The van der Waals surface area contributed by atoms with Crippen LogP contribution in [0.2, 0.25) is 0 Å². The maximum Gasteiger partial charge on any atom is 0.258 e. The SMILES string of the molecule is CC(C)CN1CC[C@H](CN(C)C(=O)c2csnc2N)C1. The van der Waals surface area contributed by atoms with E-state index in [1.807, 2.05) is 7.05 Å². The first-order chi connectivity index (χ1) is 9.47. The van der Waals surface area contributed by atoms with Crippen LogP contribution in [0.25, 0.3) is 0 Å². The van der Waals surface area contributed by atoms with Crippen LogP contribution in [0.3, 0.4) is 0 Å². The van der Waals surface area contributed by atoms with E-state index in [0.717, 1.165) is 26.2 Å². The number of nitrogens with zero attached hydrogens (tertiary/aromatic N) is 3. The Morgan fingerprint density at radius 1 is 1.65 bits per heavy atom. The number of nitrogen functional groups attached to an aromatic ring is 1. The number of hydrogen-bond donors (Lipinski definition) is 1. The lowest BCUT2D eigenvalue weighted by Crippen LogP contribution is -2.33. The molecule has 112 valence electrons. The summed E-state index contributed by atoms with van der Waals surface area (Å²) in [5.74, 6) is 1.60. The molecular weight excluding hydrogens is 272 g/mol. The van der Waals surface area contributed by atoms with E-state index in [4.69, 9.17) is 5.73 Å². The molecule has 1 atom stereocenters. The maximum absolute atomic E-state index is 12.3. The Balaban J connectivity index is 1.85. The first kappa shape index (κ1) is 15.3. The van der Waals surface area contributed by atoms with Crippen LogP contribution in [0, 0.1) is 11.8 Å². The van der Waals surface area contributed by atoms with Crippen LogP contribution >= 0.6 is 11.5 Å². The molecule has 0 spiro atoms. The number of carbonyl (C=O) groups excluding carboxylic acids is 1. The predicted octanol–water partition coefficient (Wildman–Crippen LogP) is 1.78. The molecular formula is C14H24N4OS. The topological polar surface area (TPSA) is 62.5 Å². The maximum atomic E-state index is 12.3. The Hall–Kier alpha value is -1.14. The van der Waals surface area contributed by atoms with Crippen molar-refractivity contribution < 1.29 is 4.79 Å². The summed E-state index contributed by atoms with van der Waals surface area (Å²) in [7, 11) is 1.85. The summed E-state index contributed by atoms with van der Waals surface area (Å²) in [6.07, 6.45) is 1.17. The van der Waals surface area contributed by atoms with Crippen LogP contribution in [-0.2, 0) is 0 Å². The molecule has 0 aromatic carbocycles. The average Bonchev–Trinajstić information content (AvgIpc) is 2.97. The van der Waals surface area contributed by atoms with Crippen molar-refractivity contribution >= 4 is 23.3 Å². The predicted molar refractivity (Wildman–Crippen MR) is 82.9 cm³/mol. The number of rotatable bonds is 5. The standard InChI is InChI=1S/C14H24N4OS/c1-10(2)6-18-5-4-11(8-18)7-17(3)14(19)12-9-20-16-13(12)15/h9-11H,4-8H2,1-3H3,(H2,15,16)/t11-/m1/s1. The van der Waals surface area contributed by atoms with Gasteiger partial charge >= 0.3 is 0 Å². The summed E-state index contributed by atoms with van der Waals surface area (Å²) in [4.78, 5) is 16.5. The zero-order valence-corrected chi connectivity index (χ0v) is 13.3. The van der Waals surface area contributed by atoms with E-state index < -0.39 is 0 Å². The van der Waals surface area contributed by atoms with Gasteiger partial charge in [0.25, 0.3) is 5.91 Å². The molecule has 2 heterocycles. The number of amides is 1. The molecule has 5 nitrogen and oxygen atoms in total. The lowest BCUT2D eigenvalue weighted by molar-refractivity contribution is 0.0774. The Morgan fingerprint density at radius 2 is 2.40 bits per heavy atom. The van der Waals surface area contributed by atoms with Crippen LogP contribution in [0.5, 0.6) is 0 Å². The Morgan fingerprint density at radius 3 is 3.00 bits per heavy atom. The van der Waals surface area contributed by atoms with E-state index in [9.17, 15) is 4.79 Å². The monoisotopic (exact) mass is 296 g/mol. The van der Waals surface area contributed by atoms with Gasteiger partial charge < -0.3 is 15.5 Å². The third-order valence-corrected chi connectivity index (χ3v) is 4.34. The molecule has 6 heteroatoms. The highest BCUT2D eigenvalue weighted by Crippen LogP contribution is 2.20. The van der Waals surface area contributed by atoms with Crippen LogP contribution < -0.4 is 5.73 Å². The van der Waals surface area contributed by atoms with Crippen molar-refractivity contribution in [3.8, 4) is 0 Å². The van der Waals surface area contributed by atoms with Crippen molar-refractivity contribution in [3.05, 3.63) is 10.9 Å². The minimum Gasteiger partial charge on any atom is -0.382 e. The zero-order valence-electron chi connectivity index (χ0n) is 12.5. The number of likely N-dealkylation sites (tertiary alicyclic amines) is 1. The van der Waals surface area contributed by atoms with Gasteiger partial charge in [0.15, 0.2) is 0 Å². The van der Waals surface area contributed by atoms with Crippen LogP contribution in [0.1, 0.15) is 30.6 Å². The minimum atomic E-state index is -0.0152. The highest BCUT2D eigenvalue weighted by molar-refractivity contribution is 7.04. The van der Waals surface area contributed by atoms with Crippen molar-refractivity contribution in [2.45, 2.75) is 20.3 Å². The van der Waals surface area contributed by atoms with E-state index in [0.29, 0.717) is 23.2 Å². The molecule has 0 unspecified atom stereocenters. The van der Waals surface area contributed by atoms with Gasteiger partial charge in [-0.2, -0.15) is 4.37 Å². The second-order valence-corrected chi connectivity index (χ2v) is 6.74. The molecule has 0 radical (unpaired) electrons. The smallest absolute Gasteiger partial charge is 0.258 e. The normalized spacial score (nSPS) is 19.7. The van der Waals surface area contributed by atoms with Gasteiger partial charge in [-0.15, -0.1) is 0 Å². The summed E-state index contributed by atoms with van der Waals surface area (Å²) >= 11 is 1.23. The van der Waals surface area contributed by atoms with E-state index in [2.05, 4.69) is 23.1 Å². The van der Waals surface area contributed by atoms with Gasteiger partial charge in [-0.1, -0.05) is 13.8 Å². The van der Waals surface area contributed by atoms with E-state index in [1.54, 1.807) is 10.3 Å². The fourth-order valence-corrected chi connectivity index (χ4v) is 3.42.